The first kappa shape index (κ1) is 15.0. The lowest BCUT2D eigenvalue weighted by Gasteiger charge is -2.26. The summed E-state index contributed by atoms with van der Waals surface area (Å²) in [5.41, 5.74) is 0.551. The highest BCUT2D eigenvalue weighted by atomic mass is 79.9. The van der Waals surface area contributed by atoms with E-state index in [9.17, 15) is 9.18 Å². The molecule has 3 nitrogen and oxygen atoms in total. The number of amides is 1. The maximum Gasteiger partial charge on any atom is 0.255 e. The van der Waals surface area contributed by atoms with E-state index in [2.05, 4.69) is 21.2 Å². The van der Waals surface area contributed by atoms with Crippen molar-refractivity contribution in [3.8, 4) is 0 Å². The fourth-order valence-corrected chi connectivity index (χ4v) is 3.38. The Labute approximate surface area is 133 Å². The molecule has 2 fully saturated rings. The maximum atomic E-state index is 13.2. The predicted molar refractivity (Wildman–Crippen MR) is 83.8 cm³/mol. The van der Waals surface area contributed by atoms with Crippen molar-refractivity contribution in [2.45, 2.75) is 31.7 Å². The lowest BCUT2D eigenvalue weighted by molar-refractivity contribution is 0.0732. The minimum Gasteiger partial charge on any atom is -0.337 e. The molecule has 114 valence electrons. The topological polar surface area (TPSA) is 32.3 Å². The van der Waals surface area contributed by atoms with Crippen molar-refractivity contribution >= 4 is 21.8 Å². The van der Waals surface area contributed by atoms with E-state index in [4.69, 9.17) is 0 Å². The van der Waals surface area contributed by atoms with Gasteiger partial charge in [-0.15, -0.1) is 0 Å². The molecule has 0 spiro atoms. The fourth-order valence-electron chi connectivity index (χ4n) is 2.86. The quantitative estimate of drug-likeness (QED) is 0.880. The number of nitrogens with zero attached hydrogens (tertiary/aromatic N) is 1. The number of halogens is 2. The van der Waals surface area contributed by atoms with Gasteiger partial charge in [-0.05, 0) is 72.3 Å². The van der Waals surface area contributed by atoms with Gasteiger partial charge in [0.15, 0.2) is 0 Å². The SMILES string of the molecule is O=C(c1ccc(F)cc1Br)N(CC1CC1)CC1CCCN1. The van der Waals surface area contributed by atoms with Gasteiger partial charge in [0, 0.05) is 23.6 Å². The van der Waals surface area contributed by atoms with Crippen molar-refractivity contribution in [1.29, 1.82) is 0 Å². The third-order valence-corrected chi connectivity index (χ3v) is 4.88. The molecule has 1 aromatic carbocycles. The molecule has 5 heteroatoms. The number of benzene rings is 1. The fraction of sp³-hybridized carbons (Fsp3) is 0.562. The molecule has 1 atom stereocenters. The van der Waals surface area contributed by atoms with E-state index >= 15 is 0 Å². The molecular formula is C16H20BrFN2O. The van der Waals surface area contributed by atoms with E-state index in [1.54, 1.807) is 6.07 Å². The zero-order chi connectivity index (χ0) is 14.8. The summed E-state index contributed by atoms with van der Waals surface area (Å²) in [6.07, 6.45) is 4.73. The van der Waals surface area contributed by atoms with Crippen LogP contribution in [0.4, 0.5) is 4.39 Å². The lowest BCUT2D eigenvalue weighted by atomic mass is 10.1. The molecule has 1 saturated heterocycles. The molecule has 21 heavy (non-hydrogen) atoms. The number of carbonyl (C=O) groups is 1. The van der Waals surface area contributed by atoms with Gasteiger partial charge in [0.1, 0.15) is 5.82 Å². The van der Waals surface area contributed by atoms with Gasteiger partial charge in [-0.1, -0.05) is 0 Å². The van der Waals surface area contributed by atoms with Gasteiger partial charge >= 0.3 is 0 Å². The highest BCUT2D eigenvalue weighted by Gasteiger charge is 2.30. The van der Waals surface area contributed by atoms with Gasteiger partial charge in [-0.25, -0.2) is 4.39 Å². The molecule has 1 aliphatic carbocycles. The average molecular weight is 355 g/mol. The minimum absolute atomic E-state index is 0.00229. The number of rotatable bonds is 5. The molecule has 1 heterocycles. The third kappa shape index (κ3) is 3.83. The Balaban J connectivity index is 1.75. The molecule has 2 aliphatic rings. The van der Waals surface area contributed by atoms with Crippen molar-refractivity contribution in [3.63, 3.8) is 0 Å². The van der Waals surface area contributed by atoms with E-state index in [1.165, 1.54) is 31.4 Å². The van der Waals surface area contributed by atoms with Crippen LogP contribution < -0.4 is 5.32 Å². The molecule has 3 rings (SSSR count). The van der Waals surface area contributed by atoms with Crippen LogP contribution in [0.5, 0.6) is 0 Å². The molecule has 1 aromatic rings. The van der Waals surface area contributed by atoms with Gasteiger partial charge in [0.25, 0.3) is 5.91 Å². The molecule has 1 aliphatic heterocycles. The summed E-state index contributed by atoms with van der Waals surface area (Å²) in [6, 6.07) is 4.67. The molecule has 1 saturated carbocycles. The van der Waals surface area contributed by atoms with Crippen LogP contribution in [0.15, 0.2) is 22.7 Å². The van der Waals surface area contributed by atoms with Crippen LogP contribution in [-0.2, 0) is 0 Å². The van der Waals surface area contributed by atoms with Crippen LogP contribution in [0.25, 0.3) is 0 Å². The van der Waals surface area contributed by atoms with E-state index < -0.39 is 0 Å². The summed E-state index contributed by atoms with van der Waals surface area (Å²) in [4.78, 5) is 14.7. The second kappa shape index (κ2) is 6.44. The van der Waals surface area contributed by atoms with E-state index in [0.717, 1.165) is 26.1 Å². The summed E-state index contributed by atoms with van der Waals surface area (Å²) in [7, 11) is 0. The Morgan fingerprint density at radius 2 is 2.14 bits per heavy atom. The van der Waals surface area contributed by atoms with Gasteiger partial charge in [0.2, 0.25) is 0 Å². The Bertz CT molecular complexity index is 527. The zero-order valence-corrected chi connectivity index (χ0v) is 13.5. The Morgan fingerprint density at radius 1 is 1.33 bits per heavy atom. The average Bonchev–Trinajstić information content (AvgIpc) is 3.11. The van der Waals surface area contributed by atoms with Crippen molar-refractivity contribution in [2.75, 3.05) is 19.6 Å². The smallest absolute Gasteiger partial charge is 0.255 e. The summed E-state index contributed by atoms with van der Waals surface area (Å²) in [5.74, 6) is 0.321. The Morgan fingerprint density at radius 3 is 2.76 bits per heavy atom. The van der Waals surface area contributed by atoms with Gasteiger partial charge in [0.05, 0.1) is 5.56 Å². The Hall–Kier alpha value is -0.940. The highest BCUT2D eigenvalue weighted by molar-refractivity contribution is 9.10. The second-order valence-electron chi connectivity index (χ2n) is 6.07. The van der Waals surface area contributed by atoms with E-state index in [-0.39, 0.29) is 11.7 Å². The number of hydrogen-bond donors (Lipinski definition) is 1. The number of nitrogens with one attached hydrogen (secondary N) is 1. The lowest BCUT2D eigenvalue weighted by Crippen LogP contribution is -2.42. The molecular weight excluding hydrogens is 335 g/mol. The summed E-state index contributed by atoms with van der Waals surface area (Å²) >= 11 is 3.31. The first-order chi connectivity index (χ1) is 10.1. The van der Waals surface area contributed by atoms with Crippen LogP contribution in [0.1, 0.15) is 36.0 Å². The molecule has 1 unspecified atom stereocenters. The zero-order valence-electron chi connectivity index (χ0n) is 11.9. The second-order valence-corrected chi connectivity index (χ2v) is 6.93. The third-order valence-electron chi connectivity index (χ3n) is 4.23. The van der Waals surface area contributed by atoms with Gasteiger partial charge in [-0.3, -0.25) is 4.79 Å². The van der Waals surface area contributed by atoms with Crippen LogP contribution in [0.3, 0.4) is 0 Å². The monoisotopic (exact) mass is 354 g/mol. The first-order valence-corrected chi connectivity index (χ1v) is 8.40. The van der Waals surface area contributed by atoms with E-state index in [0.29, 0.717) is 22.0 Å². The maximum absolute atomic E-state index is 13.2. The molecule has 0 aromatic heterocycles. The highest BCUT2D eigenvalue weighted by Crippen LogP contribution is 2.31. The van der Waals surface area contributed by atoms with Crippen molar-refractivity contribution in [2.24, 2.45) is 5.92 Å². The molecule has 0 bridgehead atoms. The van der Waals surface area contributed by atoms with Crippen LogP contribution in [0.2, 0.25) is 0 Å². The summed E-state index contributed by atoms with van der Waals surface area (Å²) in [6.45, 7) is 2.61. The molecule has 1 amide bonds. The molecule has 1 N–H and O–H groups in total. The normalized spacial score (nSPS) is 21.5. The van der Waals surface area contributed by atoms with Crippen molar-refractivity contribution < 1.29 is 9.18 Å². The van der Waals surface area contributed by atoms with Crippen molar-refractivity contribution in [1.82, 2.24) is 10.2 Å². The van der Waals surface area contributed by atoms with Crippen LogP contribution in [0, 0.1) is 11.7 Å². The van der Waals surface area contributed by atoms with Crippen molar-refractivity contribution in [3.05, 3.63) is 34.1 Å². The van der Waals surface area contributed by atoms with E-state index in [1.807, 2.05) is 4.90 Å². The summed E-state index contributed by atoms with van der Waals surface area (Å²) < 4.78 is 13.7. The predicted octanol–water partition coefficient (Wildman–Crippen LogP) is 3.19. The Kier molecular flexibility index (Phi) is 4.60. The largest absolute Gasteiger partial charge is 0.337 e. The van der Waals surface area contributed by atoms with Crippen LogP contribution in [-0.4, -0.2) is 36.5 Å². The standard InChI is InChI=1S/C16H20BrFN2O/c17-15-8-12(18)5-6-14(15)16(21)20(9-11-3-4-11)10-13-2-1-7-19-13/h5-6,8,11,13,19H,1-4,7,9-10H2. The van der Waals surface area contributed by atoms with Gasteiger partial charge in [-0.2, -0.15) is 0 Å². The number of hydrogen-bond acceptors (Lipinski definition) is 2. The number of carbonyl (C=O) groups excluding carboxylic acids is 1. The van der Waals surface area contributed by atoms with Gasteiger partial charge < -0.3 is 10.2 Å². The molecule has 0 radical (unpaired) electrons. The van der Waals surface area contributed by atoms with Crippen LogP contribution >= 0.6 is 15.9 Å². The minimum atomic E-state index is -0.329. The first-order valence-electron chi connectivity index (χ1n) is 7.61. The summed E-state index contributed by atoms with van der Waals surface area (Å²) in [5, 5.41) is 3.45.